The van der Waals surface area contributed by atoms with Gasteiger partial charge in [0.2, 0.25) is 6.33 Å². The van der Waals surface area contributed by atoms with Gasteiger partial charge in [0.1, 0.15) is 5.69 Å². The van der Waals surface area contributed by atoms with E-state index in [1.807, 2.05) is 34.9 Å². The van der Waals surface area contributed by atoms with E-state index in [0.29, 0.717) is 5.56 Å². The average Bonchev–Trinajstić information content (AvgIpc) is 3.04. The molecule has 0 amide bonds. The Bertz CT molecular complexity index is 841. The Kier molecular flexibility index (Phi) is 3.92. The summed E-state index contributed by atoms with van der Waals surface area (Å²) in [4.78, 5) is 22.3. The van der Waals surface area contributed by atoms with Gasteiger partial charge in [-0.25, -0.2) is 4.57 Å². The number of carbonyl (C=O) groups excluding carboxylic acids is 1. The normalized spacial score (nSPS) is 10.4. The first-order valence-corrected chi connectivity index (χ1v) is 6.90. The van der Waals surface area contributed by atoms with Gasteiger partial charge in [-0.2, -0.15) is 0 Å². The molecule has 0 aliphatic carbocycles. The molecule has 0 N–H and O–H groups in total. The van der Waals surface area contributed by atoms with Crippen molar-refractivity contribution in [1.29, 1.82) is 0 Å². The van der Waals surface area contributed by atoms with E-state index in [9.17, 15) is 14.9 Å². The van der Waals surface area contributed by atoms with E-state index in [2.05, 4.69) is 5.10 Å². The number of hydrogen-bond acceptors (Lipinski definition) is 4. The molecule has 0 saturated heterocycles. The summed E-state index contributed by atoms with van der Waals surface area (Å²) < 4.78 is 3.33. The topological polar surface area (TPSA) is 81.9 Å². The lowest BCUT2D eigenvalue weighted by molar-refractivity contribution is -0.596. The molecule has 2 aromatic carbocycles. The highest BCUT2D eigenvalue weighted by molar-refractivity contribution is 5.96. The number of rotatable bonds is 5. The Morgan fingerprint density at radius 3 is 2.48 bits per heavy atom. The van der Waals surface area contributed by atoms with Crippen LogP contribution in [0, 0.1) is 10.1 Å². The molecule has 23 heavy (non-hydrogen) atoms. The molecule has 0 radical (unpaired) electrons. The predicted octanol–water partition coefficient (Wildman–Crippen LogP) is 1.95. The van der Waals surface area contributed by atoms with Crippen molar-refractivity contribution in [2.45, 2.75) is 6.54 Å². The number of nitro benzene ring substituents is 1. The van der Waals surface area contributed by atoms with Crippen molar-refractivity contribution in [2.75, 3.05) is 0 Å². The van der Waals surface area contributed by atoms with Gasteiger partial charge in [0, 0.05) is 22.8 Å². The van der Waals surface area contributed by atoms with Gasteiger partial charge in [0.05, 0.1) is 4.92 Å². The van der Waals surface area contributed by atoms with Gasteiger partial charge in [-0.3, -0.25) is 14.9 Å². The molecule has 1 heterocycles. The molecule has 3 rings (SSSR count). The molecular weight excluding hydrogens is 296 g/mol. The third kappa shape index (κ3) is 3.29. The summed E-state index contributed by atoms with van der Waals surface area (Å²) in [7, 11) is 0. The van der Waals surface area contributed by atoms with Gasteiger partial charge >= 0.3 is 0 Å². The highest BCUT2D eigenvalue weighted by Gasteiger charge is 2.15. The Morgan fingerprint density at radius 1 is 1.13 bits per heavy atom. The molecule has 0 atom stereocenters. The van der Waals surface area contributed by atoms with Crippen molar-refractivity contribution in [1.82, 2.24) is 9.78 Å². The lowest BCUT2D eigenvalue weighted by atomic mass is 10.1. The zero-order chi connectivity index (χ0) is 16.2. The van der Waals surface area contributed by atoms with Crippen molar-refractivity contribution < 1.29 is 14.3 Å². The van der Waals surface area contributed by atoms with E-state index in [-0.39, 0.29) is 18.0 Å². The largest absolute Gasteiger partial charge is 0.290 e. The minimum absolute atomic E-state index is 0.0393. The number of carbonyl (C=O) groups is 1. The van der Waals surface area contributed by atoms with Crippen LogP contribution in [0.5, 0.6) is 0 Å². The number of benzene rings is 2. The number of non-ortho nitro benzene ring substituents is 1. The van der Waals surface area contributed by atoms with Gasteiger partial charge in [-0.1, -0.05) is 18.2 Å². The zero-order valence-corrected chi connectivity index (χ0v) is 12.1. The number of nitrogens with zero attached hydrogens (tertiary/aromatic N) is 4. The van der Waals surface area contributed by atoms with Crippen LogP contribution in [-0.4, -0.2) is 20.5 Å². The fraction of sp³-hybridized carbons (Fsp3) is 0.0625. The minimum atomic E-state index is -0.496. The van der Waals surface area contributed by atoms with Crippen LogP contribution in [0.4, 0.5) is 5.69 Å². The van der Waals surface area contributed by atoms with Gasteiger partial charge in [-0.15, -0.1) is 4.68 Å². The molecule has 3 aromatic rings. The van der Waals surface area contributed by atoms with Crippen molar-refractivity contribution in [2.24, 2.45) is 0 Å². The zero-order valence-electron chi connectivity index (χ0n) is 12.1. The highest BCUT2D eigenvalue weighted by atomic mass is 16.6. The molecule has 0 spiro atoms. The summed E-state index contributed by atoms with van der Waals surface area (Å²) in [6.07, 6.45) is 3.34. The summed E-state index contributed by atoms with van der Waals surface area (Å²) in [5, 5.41) is 14.8. The van der Waals surface area contributed by atoms with Crippen LogP contribution in [0.15, 0.2) is 67.3 Å². The number of Topliss-reactive ketones (excluding diaryl/α,β-unsaturated/α-hetero) is 1. The average molecular weight is 309 g/mol. The Labute approximate surface area is 131 Å². The maximum Gasteiger partial charge on any atom is 0.270 e. The number of para-hydroxylation sites is 1. The molecule has 0 bridgehead atoms. The molecular formula is C16H13N4O3+. The Morgan fingerprint density at radius 2 is 1.83 bits per heavy atom. The summed E-state index contributed by atoms with van der Waals surface area (Å²) in [5.41, 5.74) is 1.32. The lowest BCUT2D eigenvalue weighted by Crippen LogP contribution is -2.27. The van der Waals surface area contributed by atoms with Crippen LogP contribution >= 0.6 is 0 Å². The molecule has 0 saturated carbocycles. The molecule has 0 aliphatic heterocycles. The maximum absolute atomic E-state index is 12.2. The van der Waals surface area contributed by atoms with Crippen LogP contribution < -0.4 is 4.57 Å². The second-order valence-corrected chi connectivity index (χ2v) is 4.91. The van der Waals surface area contributed by atoms with E-state index < -0.39 is 4.92 Å². The van der Waals surface area contributed by atoms with E-state index in [0.717, 1.165) is 5.69 Å². The molecule has 7 nitrogen and oxygen atoms in total. The van der Waals surface area contributed by atoms with Crippen LogP contribution in [0.25, 0.3) is 5.69 Å². The Balaban J connectivity index is 1.73. The molecule has 0 fully saturated rings. The molecule has 114 valence electrons. The minimum Gasteiger partial charge on any atom is -0.290 e. The maximum atomic E-state index is 12.2. The fourth-order valence-electron chi connectivity index (χ4n) is 2.15. The third-order valence-corrected chi connectivity index (χ3v) is 3.34. The number of aromatic nitrogens is 3. The highest BCUT2D eigenvalue weighted by Crippen LogP contribution is 2.12. The van der Waals surface area contributed by atoms with E-state index in [1.165, 1.54) is 28.9 Å². The quantitative estimate of drug-likeness (QED) is 0.312. The summed E-state index contributed by atoms with van der Waals surface area (Å²) in [6.45, 7) is 0.0671. The van der Waals surface area contributed by atoms with Crippen LogP contribution in [0.2, 0.25) is 0 Å². The summed E-state index contributed by atoms with van der Waals surface area (Å²) >= 11 is 0. The first-order valence-electron chi connectivity index (χ1n) is 6.90. The second kappa shape index (κ2) is 6.18. The molecule has 0 aliphatic rings. The van der Waals surface area contributed by atoms with Crippen molar-refractivity contribution >= 4 is 11.5 Å². The van der Waals surface area contributed by atoms with Crippen LogP contribution in [0.1, 0.15) is 10.4 Å². The van der Waals surface area contributed by atoms with Crippen molar-refractivity contribution in [3.8, 4) is 5.69 Å². The summed E-state index contributed by atoms with van der Waals surface area (Å²) in [6, 6.07) is 15.2. The third-order valence-electron chi connectivity index (χ3n) is 3.34. The second-order valence-electron chi connectivity index (χ2n) is 4.91. The first kappa shape index (κ1) is 14.6. The number of ketones is 1. The van der Waals surface area contributed by atoms with Gasteiger partial charge in [-0.05, 0) is 24.3 Å². The monoisotopic (exact) mass is 309 g/mol. The smallest absolute Gasteiger partial charge is 0.270 e. The fourth-order valence-corrected chi connectivity index (χ4v) is 2.15. The Hall–Kier alpha value is -3.35. The van der Waals surface area contributed by atoms with E-state index in [4.69, 9.17) is 0 Å². The van der Waals surface area contributed by atoms with Gasteiger partial charge in [0.25, 0.3) is 12.0 Å². The number of nitro groups is 1. The van der Waals surface area contributed by atoms with Crippen molar-refractivity contribution in [3.63, 3.8) is 0 Å². The van der Waals surface area contributed by atoms with E-state index >= 15 is 0 Å². The molecule has 1 aromatic heterocycles. The predicted molar refractivity (Wildman–Crippen MR) is 81.2 cm³/mol. The SMILES string of the molecule is O=C(Cn1c[n+](-c2ccccc2)cn1)c1ccc([N+](=O)[O-])cc1. The van der Waals surface area contributed by atoms with Crippen molar-refractivity contribution in [3.05, 3.63) is 82.9 Å². The summed E-state index contributed by atoms with van der Waals surface area (Å²) in [5.74, 6) is -0.164. The standard InChI is InChI=1S/C16H13N4O3/c21-16(13-6-8-15(9-7-13)20(22)23)10-19-12-18(11-17-19)14-4-2-1-3-5-14/h1-9,11-12H,10H2/q+1. The molecule has 7 heteroatoms. The number of hydrogen-bond donors (Lipinski definition) is 0. The van der Waals surface area contributed by atoms with Crippen LogP contribution in [0.3, 0.4) is 0 Å². The van der Waals surface area contributed by atoms with Gasteiger partial charge in [0.15, 0.2) is 12.3 Å². The van der Waals surface area contributed by atoms with Gasteiger partial charge < -0.3 is 0 Å². The van der Waals surface area contributed by atoms with Crippen LogP contribution in [-0.2, 0) is 6.54 Å². The lowest BCUT2D eigenvalue weighted by Gasteiger charge is -1.97. The molecule has 0 unspecified atom stereocenters. The first-order chi connectivity index (χ1) is 11.1. The van der Waals surface area contributed by atoms with E-state index in [1.54, 1.807) is 12.7 Å².